The fraction of sp³-hybridized carbons (Fsp3) is 0.800. The SMILES string of the molecule is CN(C(=O)[C@@H]1C[C@@H]1C(=O)O)C1CCSC1. The summed E-state index contributed by atoms with van der Waals surface area (Å²) in [5.74, 6) is 0.617. The summed E-state index contributed by atoms with van der Waals surface area (Å²) in [6.45, 7) is 0. The molecule has 4 nitrogen and oxygen atoms in total. The monoisotopic (exact) mass is 229 g/mol. The van der Waals surface area contributed by atoms with Crippen LogP contribution in [0.4, 0.5) is 0 Å². The molecule has 1 amide bonds. The van der Waals surface area contributed by atoms with Crippen molar-refractivity contribution in [2.24, 2.45) is 11.8 Å². The van der Waals surface area contributed by atoms with Crippen LogP contribution in [0.5, 0.6) is 0 Å². The number of rotatable bonds is 3. The van der Waals surface area contributed by atoms with E-state index in [1.807, 2.05) is 11.8 Å². The maximum atomic E-state index is 11.9. The Bertz CT molecular complexity index is 288. The highest BCUT2D eigenvalue weighted by molar-refractivity contribution is 7.99. The quantitative estimate of drug-likeness (QED) is 0.773. The van der Waals surface area contributed by atoms with Gasteiger partial charge in [0, 0.05) is 18.8 Å². The smallest absolute Gasteiger partial charge is 0.307 e. The molecule has 0 radical (unpaired) electrons. The second kappa shape index (κ2) is 4.04. The Morgan fingerprint density at radius 2 is 2.13 bits per heavy atom. The van der Waals surface area contributed by atoms with Crippen molar-refractivity contribution in [1.82, 2.24) is 4.90 Å². The van der Waals surface area contributed by atoms with Crippen LogP contribution in [0.25, 0.3) is 0 Å². The van der Waals surface area contributed by atoms with E-state index in [0.29, 0.717) is 12.5 Å². The number of thioether (sulfide) groups is 1. The average molecular weight is 229 g/mol. The number of carbonyl (C=O) groups excluding carboxylic acids is 1. The average Bonchev–Trinajstić information content (AvgIpc) is 2.83. The van der Waals surface area contributed by atoms with Crippen LogP contribution in [-0.4, -0.2) is 46.5 Å². The zero-order chi connectivity index (χ0) is 11.0. The summed E-state index contributed by atoms with van der Waals surface area (Å²) in [7, 11) is 1.80. The third-order valence-electron chi connectivity index (χ3n) is 3.23. The summed E-state index contributed by atoms with van der Waals surface area (Å²) >= 11 is 1.86. The van der Waals surface area contributed by atoms with E-state index in [1.165, 1.54) is 0 Å². The third kappa shape index (κ3) is 2.12. The molecule has 5 heteroatoms. The summed E-state index contributed by atoms with van der Waals surface area (Å²) in [5, 5.41) is 8.74. The minimum absolute atomic E-state index is 0.0231. The van der Waals surface area contributed by atoms with Crippen molar-refractivity contribution in [3.8, 4) is 0 Å². The number of carbonyl (C=O) groups is 2. The molecule has 0 aromatic heterocycles. The summed E-state index contributed by atoms with van der Waals surface area (Å²) in [5.41, 5.74) is 0. The molecule has 2 rings (SSSR count). The molecular formula is C10H15NO3S. The third-order valence-corrected chi connectivity index (χ3v) is 4.37. The highest BCUT2D eigenvalue weighted by Crippen LogP contribution is 2.40. The largest absolute Gasteiger partial charge is 0.481 e. The van der Waals surface area contributed by atoms with Gasteiger partial charge in [0.2, 0.25) is 5.91 Å². The number of carboxylic acid groups (broad SMARTS) is 1. The van der Waals surface area contributed by atoms with Gasteiger partial charge in [0.1, 0.15) is 0 Å². The molecule has 0 bridgehead atoms. The van der Waals surface area contributed by atoms with Gasteiger partial charge >= 0.3 is 5.97 Å². The number of hydrogen-bond acceptors (Lipinski definition) is 3. The Kier molecular flexibility index (Phi) is 2.91. The van der Waals surface area contributed by atoms with E-state index in [1.54, 1.807) is 11.9 Å². The van der Waals surface area contributed by atoms with Crippen molar-refractivity contribution in [2.45, 2.75) is 18.9 Å². The van der Waals surface area contributed by atoms with E-state index < -0.39 is 11.9 Å². The van der Waals surface area contributed by atoms with Crippen molar-refractivity contribution in [2.75, 3.05) is 18.6 Å². The van der Waals surface area contributed by atoms with Gasteiger partial charge in [0.25, 0.3) is 0 Å². The zero-order valence-electron chi connectivity index (χ0n) is 8.68. The topological polar surface area (TPSA) is 57.6 Å². The van der Waals surface area contributed by atoms with Crippen molar-refractivity contribution in [1.29, 1.82) is 0 Å². The summed E-state index contributed by atoms with van der Waals surface area (Å²) in [6.07, 6.45) is 1.57. The maximum Gasteiger partial charge on any atom is 0.307 e. The molecule has 1 aliphatic heterocycles. The van der Waals surface area contributed by atoms with Crippen LogP contribution in [0.1, 0.15) is 12.8 Å². The van der Waals surface area contributed by atoms with Crippen molar-refractivity contribution in [3.63, 3.8) is 0 Å². The highest BCUT2D eigenvalue weighted by Gasteiger charge is 2.50. The Balaban J connectivity index is 1.88. The molecule has 1 N–H and O–H groups in total. The predicted octanol–water partition coefficient (Wildman–Crippen LogP) is 0.671. The van der Waals surface area contributed by atoms with Crippen LogP contribution in [0.3, 0.4) is 0 Å². The number of hydrogen-bond donors (Lipinski definition) is 1. The zero-order valence-corrected chi connectivity index (χ0v) is 9.50. The maximum absolute atomic E-state index is 11.9. The van der Waals surface area contributed by atoms with Gasteiger partial charge in [-0.2, -0.15) is 11.8 Å². The van der Waals surface area contributed by atoms with Crippen LogP contribution < -0.4 is 0 Å². The summed E-state index contributed by atoms with van der Waals surface area (Å²) < 4.78 is 0. The first kappa shape index (κ1) is 10.8. The van der Waals surface area contributed by atoms with Crippen LogP contribution in [0.2, 0.25) is 0 Å². The molecule has 3 atom stereocenters. The van der Waals surface area contributed by atoms with E-state index in [4.69, 9.17) is 5.11 Å². The van der Waals surface area contributed by atoms with E-state index in [-0.39, 0.29) is 11.8 Å². The van der Waals surface area contributed by atoms with Crippen LogP contribution in [-0.2, 0) is 9.59 Å². The van der Waals surface area contributed by atoms with E-state index in [9.17, 15) is 9.59 Å². The number of nitrogens with zero attached hydrogens (tertiary/aromatic N) is 1. The Labute approximate surface area is 93.0 Å². The summed E-state index contributed by atoms with van der Waals surface area (Å²) in [6, 6.07) is 0.317. The van der Waals surface area contributed by atoms with Crippen molar-refractivity contribution in [3.05, 3.63) is 0 Å². The fourth-order valence-electron chi connectivity index (χ4n) is 2.01. The lowest BCUT2D eigenvalue weighted by Crippen LogP contribution is -2.38. The first-order chi connectivity index (χ1) is 7.11. The normalized spacial score (nSPS) is 33.8. The minimum Gasteiger partial charge on any atom is -0.481 e. The first-order valence-corrected chi connectivity index (χ1v) is 6.34. The molecule has 0 spiro atoms. The van der Waals surface area contributed by atoms with E-state index in [0.717, 1.165) is 17.9 Å². The molecule has 2 fully saturated rings. The number of amides is 1. The minimum atomic E-state index is -0.831. The molecule has 1 unspecified atom stereocenters. The summed E-state index contributed by atoms with van der Waals surface area (Å²) in [4.78, 5) is 24.3. The van der Waals surface area contributed by atoms with Crippen LogP contribution in [0.15, 0.2) is 0 Å². The van der Waals surface area contributed by atoms with Gasteiger partial charge < -0.3 is 10.0 Å². The lowest BCUT2D eigenvalue weighted by molar-refractivity contribution is -0.142. The van der Waals surface area contributed by atoms with Gasteiger partial charge in [-0.1, -0.05) is 0 Å². The molecule has 2 aliphatic rings. The second-order valence-corrected chi connectivity index (χ2v) is 5.40. The van der Waals surface area contributed by atoms with E-state index in [2.05, 4.69) is 0 Å². The second-order valence-electron chi connectivity index (χ2n) is 4.25. The Morgan fingerprint density at radius 3 is 2.60 bits per heavy atom. The number of carboxylic acids is 1. The first-order valence-electron chi connectivity index (χ1n) is 5.18. The Hall–Kier alpha value is -0.710. The van der Waals surface area contributed by atoms with Gasteiger partial charge in [-0.05, 0) is 18.6 Å². The van der Waals surface area contributed by atoms with Gasteiger partial charge in [0.05, 0.1) is 11.8 Å². The lowest BCUT2D eigenvalue weighted by atomic mass is 10.2. The molecule has 0 aromatic rings. The van der Waals surface area contributed by atoms with E-state index >= 15 is 0 Å². The molecule has 15 heavy (non-hydrogen) atoms. The number of aliphatic carboxylic acids is 1. The van der Waals surface area contributed by atoms with Crippen LogP contribution >= 0.6 is 11.8 Å². The Morgan fingerprint density at radius 1 is 1.40 bits per heavy atom. The fourth-order valence-corrected chi connectivity index (χ4v) is 3.28. The molecule has 84 valence electrons. The van der Waals surface area contributed by atoms with Crippen molar-refractivity contribution < 1.29 is 14.7 Å². The van der Waals surface area contributed by atoms with Gasteiger partial charge in [-0.3, -0.25) is 9.59 Å². The molecule has 1 heterocycles. The lowest BCUT2D eigenvalue weighted by Gasteiger charge is -2.23. The van der Waals surface area contributed by atoms with Crippen LogP contribution in [0, 0.1) is 11.8 Å². The standard InChI is InChI=1S/C10H15NO3S/c1-11(6-2-3-15-5-6)9(12)7-4-8(7)10(13)14/h6-8H,2-5H2,1H3,(H,13,14)/t6?,7-,8+/m1/s1. The highest BCUT2D eigenvalue weighted by atomic mass is 32.2. The molecule has 1 saturated heterocycles. The van der Waals surface area contributed by atoms with Gasteiger partial charge in [-0.15, -0.1) is 0 Å². The van der Waals surface area contributed by atoms with Gasteiger partial charge in [-0.25, -0.2) is 0 Å². The molecule has 0 aromatic carbocycles. The predicted molar refractivity (Wildman–Crippen MR) is 57.7 cm³/mol. The van der Waals surface area contributed by atoms with Gasteiger partial charge in [0.15, 0.2) is 0 Å². The van der Waals surface area contributed by atoms with Crippen molar-refractivity contribution >= 4 is 23.6 Å². The molecular weight excluding hydrogens is 214 g/mol. The molecule has 1 aliphatic carbocycles. The molecule has 1 saturated carbocycles.